The van der Waals surface area contributed by atoms with E-state index in [0.717, 1.165) is 17.7 Å². The number of nitrogens with two attached hydrogens (primary N) is 1. The van der Waals surface area contributed by atoms with E-state index < -0.39 is 91.4 Å². The second-order valence-corrected chi connectivity index (χ2v) is 26.5. The number of ether oxygens (including phenoxy) is 1. The Morgan fingerprint density at radius 3 is 2.24 bits per heavy atom. The number of aromatic nitrogens is 4. The summed E-state index contributed by atoms with van der Waals surface area (Å²) in [6.45, 7) is 10.2. The van der Waals surface area contributed by atoms with Crippen LogP contribution in [0, 0.1) is 5.92 Å². The summed E-state index contributed by atoms with van der Waals surface area (Å²) in [5.74, 6) is -1.52. The van der Waals surface area contributed by atoms with Crippen molar-refractivity contribution in [2.75, 3.05) is 43.4 Å². The second kappa shape index (κ2) is 22.0. The molecule has 2 aromatic heterocycles. The van der Waals surface area contributed by atoms with Crippen molar-refractivity contribution in [3.63, 3.8) is 0 Å². The number of carbonyl (C=O) groups excluding carboxylic acids is 2. The van der Waals surface area contributed by atoms with Gasteiger partial charge in [-0.1, -0.05) is 12.7 Å². The molecule has 0 radical (unpaired) electrons. The maximum Gasteiger partial charge on any atom is 0.490 e. The molecule has 1 fully saturated rings. The van der Waals surface area contributed by atoms with Gasteiger partial charge in [-0.3, -0.25) is 18.4 Å². The van der Waals surface area contributed by atoms with Crippen molar-refractivity contribution in [3.8, 4) is 0 Å². The molecule has 29 nitrogen and oxygen atoms in total. The molecular weight excluding hydrogens is 1140 g/mol. The zero-order chi connectivity index (χ0) is 57.8. The topological polar surface area (TPSA) is 432 Å². The molecule has 2 aliphatic carbocycles. The molecule has 2 amide bonds. The van der Waals surface area contributed by atoms with E-state index in [9.17, 15) is 64.1 Å². The molecule has 0 saturated heterocycles. The number of phosphoric acid groups is 3. The van der Waals surface area contributed by atoms with Crippen LogP contribution in [0.15, 0.2) is 94.9 Å². The monoisotopic (exact) mass is 1200 g/mol. The lowest BCUT2D eigenvalue weighted by Gasteiger charge is -2.40. The number of likely N-dealkylation sites (N-methyl/N-ethyl adjacent to an activating group) is 1. The maximum absolute atomic E-state index is 13.2. The molecule has 428 valence electrons. The number of imidazole rings is 1. The van der Waals surface area contributed by atoms with Crippen molar-refractivity contribution in [1.82, 2.24) is 30.2 Å². The van der Waals surface area contributed by atoms with Crippen molar-refractivity contribution >= 4 is 89.8 Å². The minimum absolute atomic E-state index is 0.00381. The summed E-state index contributed by atoms with van der Waals surface area (Å²) in [4.78, 5) is 77.0. The number of alkyl carbamates (subject to hydrolysis) is 1. The number of amides is 2. The fourth-order valence-electron chi connectivity index (χ4n) is 10.8. The molecule has 8 rings (SSSR count). The van der Waals surface area contributed by atoms with Crippen LogP contribution in [0.5, 0.6) is 0 Å². The number of unbranched alkanes of at least 4 members (excludes halogenated alkanes) is 2. The predicted octanol–water partition coefficient (Wildman–Crippen LogP) is 3.80. The largest absolute Gasteiger partial charge is 0.490 e. The Bertz CT molecular complexity index is 3630. The van der Waals surface area contributed by atoms with Gasteiger partial charge in [0.2, 0.25) is 11.6 Å². The Morgan fingerprint density at radius 2 is 1.57 bits per heavy atom. The third-order valence-electron chi connectivity index (χ3n) is 14.4. The maximum atomic E-state index is 13.2. The van der Waals surface area contributed by atoms with Crippen molar-refractivity contribution < 1.29 is 96.4 Å². The number of nitrogens with zero attached hydrogens (tertiary/aromatic N) is 6. The third-order valence-corrected chi connectivity index (χ3v) is 19.9. The highest BCUT2D eigenvalue weighted by atomic mass is 32.2. The fourth-order valence-corrected chi connectivity index (χ4v) is 14.9. The summed E-state index contributed by atoms with van der Waals surface area (Å²) in [6, 6.07) is 7.71. The molecule has 0 bridgehead atoms. The van der Waals surface area contributed by atoms with Crippen molar-refractivity contribution in [2.45, 2.75) is 91.7 Å². The summed E-state index contributed by atoms with van der Waals surface area (Å²) in [5.41, 5.74) is 8.52. The van der Waals surface area contributed by atoms with E-state index in [1.807, 2.05) is 48.5 Å². The Kier molecular flexibility index (Phi) is 16.6. The quantitative estimate of drug-likeness (QED) is 0.0186. The number of phosphoric ester groups is 1. The number of allylic oxidation sites excluding steroid dienone is 4. The van der Waals surface area contributed by atoms with Crippen LogP contribution in [0.2, 0.25) is 0 Å². The number of nitrogens with one attached hydrogen (secondary N) is 2. The number of benzene rings is 2. The number of anilines is 2. The SMILES string of the molecule is C=C1C2(C)C(=[N+](CCCCCC(=O)NCCNC(=O)O[C@@H]3[C@H](O)[C@@H](COP(=O)(O)OP(=O)(O)OP(=O)(O)O)C[C@H]3n3cnc4c(N)ncnc43)c3ccc(S(=O)(=O)O)cc32)/C=C/C=C2/N(CC)c3ccc(S(=O)(=O)O)cc3C12C. The van der Waals surface area contributed by atoms with Crippen LogP contribution in [0.3, 0.4) is 0 Å². The summed E-state index contributed by atoms with van der Waals surface area (Å²) in [6.07, 6.45) is 5.39. The van der Waals surface area contributed by atoms with Crippen LogP contribution in [0.1, 0.15) is 70.0 Å². The van der Waals surface area contributed by atoms with Gasteiger partial charge in [0.05, 0.1) is 40.3 Å². The van der Waals surface area contributed by atoms with Crippen molar-refractivity contribution in [1.29, 1.82) is 0 Å². The van der Waals surface area contributed by atoms with E-state index >= 15 is 0 Å². The van der Waals surface area contributed by atoms with Gasteiger partial charge in [-0.05, 0) is 87.6 Å². The standard InChI is InChI=1S/C45H56N9O20P3S2/c1-5-52-32-15-13-28(78(65,66)67)21-30(32)44(3)26(2)45(4)31-22-29(79(68,69)70)14-16-33(31)53(36(45)11-9-10-35(44)52)19-8-6-7-12-37(55)47-17-18-48-43(57)72-40-34(54-25-51-38-41(46)49-24-50-42(38)54)20-27(39(40)56)23-71-76(61,62)74-77(63,64)73-75(58,59)60/h9-11,13-16,21-22,24-25,27,34,39-40,56H,2,5-8,12,17-20,23H2,1,3-4H3,(H9-,46,47,48,49,50,55,57,58,59,60,61,62,63,64,65,66,67,68,69,70)/p+1/t27-,34-,39-,40+,44?,45?/m1/s1. The molecule has 79 heavy (non-hydrogen) atoms. The number of rotatable bonds is 21. The summed E-state index contributed by atoms with van der Waals surface area (Å²) in [5, 5.41) is 16.5. The van der Waals surface area contributed by atoms with Gasteiger partial charge in [0.15, 0.2) is 23.3 Å². The minimum atomic E-state index is -5.85. The van der Waals surface area contributed by atoms with Crippen LogP contribution in [0.4, 0.5) is 22.0 Å². The zero-order valence-electron chi connectivity index (χ0n) is 42.3. The van der Waals surface area contributed by atoms with Crippen LogP contribution in [-0.4, -0.2) is 137 Å². The first-order valence-electron chi connectivity index (χ1n) is 24.2. The summed E-state index contributed by atoms with van der Waals surface area (Å²) in [7, 11) is -26.4. The molecule has 4 aliphatic rings. The predicted molar refractivity (Wildman–Crippen MR) is 279 cm³/mol. The van der Waals surface area contributed by atoms with Crippen molar-refractivity contribution in [3.05, 3.63) is 96.3 Å². The fraction of sp³-hybridized carbons (Fsp3) is 0.422. The van der Waals surface area contributed by atoms with Crippen LogP contribution in [-0.2, 0) is 67.4 Å². The van der Waals surface area contributed by atoms with Gasteiger partial charge >= 0.3 is 29.6 Å². The number of aliphatic hydroxyl groups excluding tert-OH is 1. The van der Waals surface area contributed by atoms with E-state index in [-0.39, 0.29) is 58.6 Å². The zero-order valence-corrected chi connectivity index (χ0v) is 46.6. The lowest BCUT2D eigenvalue weighted by molar-refractivity contribution is -0.438. The van der Waals surface area contributed by atoms with Gasteiger partial charge in [0.25, 0.3) is 20.2 Å². The number of carbonyl (C=O) groups is 2. The molecule has 1 saturated carbocycles. The third kappa shape index (κ3) is 12.1. The lowest BCUT2D eigenvalue weighted by atomic mass is 9.60. The van der Waals surface area contributed by atoms with Gasteiger partial charge in [0.1, 0.15) is 23.8 Å². The van der Waals surface area contributed by atoms with Crippen LogP contribution in [0.25, 0.3) is 11.2 Å². The second-order valence-electron chi connectivity index (χ2n) is 19.2. The lowest BCUT2D eigenvalue weighted by Crippen LogP contribution is -2.43. The minimum Gasteiger partial charge on any atom is -0.441 e. The summed E-state index contributed by atoms with van der Waals surface area (Å²) < 4.78 is 127. The number of fused-ring (bicyclic) bond motifs is 7. The molecule has 11 N–H and O–H groups in total. The molecule has 2 aliphatic heterocycles. The van der Waals surface area contributed by atoms with Gasteiger partial charge < -0.3 is 55.3 Å². The van der Waals surface area contributed by atoms with Gasteiger partial charge in [-0.15, -0.1) is 0 Å². The smallest absolute Gasteiger partial charge is 0.441 e. The van der Waals surface area contributed by atoms with E-state index in [1.165, 1.54) is 35.2 Å². The summed E-state index contributed by atoms with van der Waals surface area (Å²) >= 11 is 0. The van der Waals surface area contributed by atoms with Crippen LogP contribution >= 0.6 is 23.5 Å². The van der Waals surface area contributed by atoms with Crippen LogP contribution < -0.4 is 21.3 Å². The molecule has 2 aromatic carbocycles. The first kappa shape index (κ1) is 59.5. The molecule has 4 heterocycles. The first-order valence-corrected chi connectivity index (χ1v) is 31.6. The molecule has 34 heteroatoms. The Hall–Kier alpha value is -5.59. The van der Waals surface area contributed by atoms with Crippen molar-refractivity contribution in [2.24, 2.45) is 5.92 Å². The molecule has 8 atom stereocenters. The van der Waals surface area contributed by atoms with E-state index in [4.69, 9.17) is 24.8 Å². The highest BCUT2D eigenvalue weighted by molar-refractivity contribution is 7.86. The highest BCUT2D eigenvalue weighted by Crippen LogP contribution is 2.66. The Morgan fingerprint density at radius 1 is 0.899 bits per heavy atom. The average Bonchev–Trinajstić information content (AvgIpc) is 2.88. The van der Waals surface area contributed by atoms with Gasteiger partial charge in [-0.2, -0.15) is 30.0 Å². The van der Waals surface area contributed by atoms with E-state index in [0.29, 0.717) is 60.4 Å². The highest BCUT2D eigenvalue weighted by Gasteiger charge is 2.59. The number of nitrogen functional groups attached to an aromatic ring is 1. The van der Waals surface area contributed by atoms with Gasteiger partial charge in [0, 0.05) is 67.5 Å². The Labute approximate surface area is 451 Å². The number of hydrogen-bond acceptors (Lipinski definition) is 19. The molecular formula is C45H57N9O20P3S2+. The van der Waals surface area contributed by atoms with E-state index in [1.54, 1.807) is 12.1 Å². The number of aliphatic hydroxyl groups is 1. The molecule has 4 unspecified atom stereocenters. The van der Waals surface area contributed by atoms with Gasteiger partial charge in [-0.25, -0.2) is 33.4 Å². The Balaban J connectivity index is 0.889. The first-order chi connectivity index (χ1) is 36.8. The number of hydrogen-bond donors (Lipinski definition) is 10. The van der Waals surface area contributed by atoms with E-state index in [2.05, 4.69) is 40.8 Å². The molecule has 4 aromatic rings. The molecule has 0 spiro atoms. The normalized spacial score (nSPS) is 25.5. The average molecular weight is 1200 g/mol.